The molecule has 218 valence electrons. The summed E-state index contributed by atoms with van der Waals surface area (Å²) < 4.78 is 0. The number of rotatable bonds is 7. The fourth-order valence-corrected chi connectivity index (χ4v) is 6.98. The molecule has 3 aromatic carbocycles. The van der Waals surface area contributed by atoms with Gasteiger partial charge in [0.1, 0.15) is 0 Å². The van der Waals surface area contributed by atoms with Crippen LogP contribution in [-0.4, -0.2) is 40.0 Å². The van der Waals surface area contributed by atoms with Gasteiger partial charge in [0.2, 0.25) is 5.91 Å². The summed E-state index contributed by atoms with van der Waals surface area (Å²) in [4.78, 5) is 40.3. The molecule has 1 aliphatic heterocycles. The Morgan fingerprint density at radius 3 is 2.45 bits per heavy atom. The highest BCUT2D eigenvalue weighted by atomic mass is 16.4. The first-order valence-corrected chi connectivity index (χ1v) is 15.1. The van der Waals surface area contributed by atoms with Crippen molar-refractivity contribution in [1.82, 2.24) is 15.5 Å². The van der Waals surface area contributed by atoms with Crippen LogP contribution in [0.15, 0.2) is 60.7 Å². The van der Waals surface area contributed by atoms with Crippen LogP contribution >= 0.6 is 0 Å². The van der Waals surface area contributed by atoms with E-state index in [1.165, 1.54) is 5.56 Å². The van der Waals surface area contributed by atoms with E-state index in [0.717, 1.165) is 65.5 Å². The number of carboxylic acid groups (broad SMARTS) is 1. The molecule has 7 nitrogen and oxygen atoms in total. The number of amides is 3. The quantitative estimate of drug-likeness (QED) is 0.319. The monoisotopic (exact) mass is 565 g/mol. The van der Waals surface area contributed by atoms with Gasteiger partial charge in [0, 0.05) is 31.1 Å². The maximum atomic E-state index is 13.4. The van der Waals surface area contributed by atoms with Crippen LogP contribution in [-0.2, 0) is 24.3 Å². The Bertz CT molecular complexity index is 1530. The van der Waals surface area contributed by atoms with Gasteiger partial charge in [-0.25, -0.2) is 9.59 Å². The lowest BCUT2D eigenvalue weighted by molar-refractivity contribution is -0.122. The van der Waals surface area contributed by atoms with Crippen LogP contribution in [0.25, 0.3) is 11.1 Å². The Labute approximate surface area is 247 Å². The van der Waals surface area contributed by atoms with Crippen molar-refractivity contribution in [1.29, 1.82) is 0 Å². The second-order valence-corrected chi connectivity index (χ2v) is 12.5. The Hall–Kier alpha value is -4.13. The number of urea groups is 1. The topological polar surface area (TPSA) is 98.7 Å². The maximum absolute atomic E-state index is 13.4. The Kier molecular flexibility index (Phi) is 7.52. The van der Waals surface area contributed by atoms with Crippen molar-refractivity contribution < 1.29 is 19.5 Å². The van der Waals surface area contributed by atoms with Crippen molar-refractivity contribution in [3.05, 3.63) is 94.0 Å². The molecule has 3 aromatic rings. The molecule has 0 spiro atoms. The number of carbonyl (C=O) groups excluding carboxylic acids is 2. The van der Waals surface area contributed by atoms with Gasteiger partial charge in [-0.1, -0.05) is 67.4 Å². The summed E-state index contributed by atoms with van der Waals surface area (Å²) >= 11 is 0. The molecule has 3 amide bonds. The molecular formula is C35H39N3O4. The molecule has 1 heterocycles. The predicted molar refractivity (Wildman–Crippen MR) is 162 cm³/mol. The molecule has 0 radical (unpaired) electrons. The van der Waals surface area contributed by atoms with Crippen molar-refractivity contribution in [3.63, 3.8) is 0 Å². The number of aromatic carboxylic acids is 1. The van der Waals surface area contributed by atoms with Crippen molar-refractivity contribution in [2.24, 2.45) is 5.92 Å². The minimum atomic E-state index is -0.945. The fraction of sp³-hybridized carbons (Fsp3) is 0.400. The fourth-order valence-electron chi connectivity index (χ4n) is 6.98. The van der Waals surface area contributed by atoms with Crippen molar-refractivity contribution in [2.45, 2.75) is 76.9 Å². The zero-order valence-corrected chi connectivity index (χ0v) is 24.4. The van der Waals surface area contributed by atoms with Crippen molar-refractivity contribution in [2.75, 3.05) is 6.54 Å². The molecule has 7 heteroatoms. The largest absolute Gasteiger partial charge is 0.478 e. The number of nitrogens with zero attached hydrogens (tertiary/aromatic N) is 1. The third kappa shape index (κ3) is 5.52. The van der Waals surface area contributed by atoms with Gasteiger partial charge in [-0.15, -0.1) is 0 Å². The number of nitrogens with one attached hydrogen (secondary N) is 2. The van der Waals surface area contributed by atoms with E-state index in [9.17, 15) is 19.5 Å². The number of benzene rings is 3. The van der Waals surface area contributed by atoms with Crippen LogP contribution in [0.5, 0.6) is 0 Å². The van der Waals surface area contributed by atoms with Gasteiger partial charge in [0.15, 0.2) is 0 Å². The molecule has 0 aromatic heterocycles. The highest BCUT2D eigenvalue weighted by Crippen LogP contribution is 2.47. The maximum Gasteiger partial charge on any atom is 0.335 e. The first-order valence-electron chi connectivity index (χ1n) is 15.1. The zero-order valence-electron chi connectivity index (χ0n) is 24.4. The third-order valence-electron chi connectivity index (χ3n) is 9.57. The van der Waals surface area contributed by atoms with Crippen molar-refractivity contribution >= 4 is 17.9 Å². The summed E-state index contributed by atoms with van der Waals surface area (Å²) in [5, 5.41) is 16.2. The lowest BCUT2D eigenvalue weighted by atomic mass is 9.85. The van der Waals surface area contributed by atoms with Gasteiger partial charge >= 0.3 is 12.0 Å². The molecule has 0 saturated heterocycles. The summed E-state index contributed by atoms with van der Waals surface area (Å²) in [5.74, 6) is -0.632. The van der Waals surface area contributed by atoms with Crippen LogP contribution in [0.2, 0.25) is 0 Å². The molecule has 2 aliphatic carbocycles. The molecule has 2 fully saturated rings. The second-order valence-electron chi connectivity index (χ2n) is 12.5. The third-order valence-corrected chi connectivity index (χ3v) is 9.57. The van der Waals surface area contributed by atoms with Crippen LogP contribution in [0.4, 0.5) is 4.79 Å². The lowest BCUT2D eigenvalue weighted by Gasteiger charge is -2.35. The van der Waals surface area contributed by atoms with Crippen LogP contribution in [0.1, 0.15) is 83.1 Å². The summed E-state index contributed by atoms with van der Waals surface area (Å²) in [6.07, 6.45) is 5.77. The van der Waals surface area contributed by atoms with Gasteiger partial charge in [-0.2, -0.15) is 0 Å². The molecular weight excluding hydrogens is 526 g/mol. The molecule has 3 aliphatic rings. The standard InChI is InChI=1S/C35H39N3O4/c1-22-25(11-8-12-26(22)33(40)41)27-14-13-24(20-36-32(39)30-19-29(30)23-9-4-3-5-10-23)31-21-38(18-15-28(27)31)34(42)37-35(2)16-6-7-17-35/h3-5,8-14,29-30H,6-7,15-21H2,1-2H3,(H,36,39)(H,37,42)(H,40,41). The number of carboxylic acids is 1. The highest BCUT2D eigenvalue weighted by molar-refractivity contribution is 5.92. The highest BCUT2D eigenvalue weighted by Gasteiger charge is 2.43. The molecule has 2 atom stereocenters. The van der Waals surface area contributed by atoms with E-state index in [4.69, 9.17) is 0 Å². The first-order chi connectivity index (χ1) is 20.2. The van der Waals surface area contributed by atoms with Gasteiger partial charge in [-0.3, -0.25) is 4.79 Å². The van der Waals surface area contributed by atoms with E-state index in [1.807, 2.05) is 48.2 Å². The SMILES string of the molecule is Cc1c(C(=O)O)cccc1-c1ccc(CNC(=O)C2CC2c2ccccc2)c2c1CCN(C(=O)NC1(C)CCCC1)C2. The molecule has 2 saturated carbocycles. The molecule has 3 N–H and O–H groups in total. The Balaban J connectivity index is 1.27. The van der Waals surface area contributed by atoms with E-state index in [2.05, 4.69) is 29.7 Å². The minimum absolute atomic E-state index is 0.0154. The normalized spacial score (nSPS) is 20.5. The number of hydrogen-bond donors (Lipinski definition) is 3. The average molecular weight is 566 g/mol. The first kappa shape index (κ1) is 28.0. The van der Waals surface area contributed by atoms with E-state index in [0.29, 0.717) is 26.1 Å². The van der Waals surface area contributed by atoms with Gasteiger partial charge in [-0.05, 0) is 90.5 Å². The molecule has 42 heavy (non-hydrogen) atoms. The van der Waals surface area contributed by atoms with E-state index in [-0.39, 0.29) is 34.9 Å². The van der Waals surface area contributed by atoms with Crippen LogP contribution in [0, 0.1) is 12.8 Å². The Morgan fingerprint density at radius 1 is 0.952 bits per heavy atom. The van der Waals surface area contributed by atoms with Gasteiger partial charge in [0.25, 0.3) is 0 Å². The average Bonchev–Trinajstić information content (AvgIpc) is 3.69. The molecule has 6 rings (SSSR count). The smallest absolute Gasteiger partial charge is 0.335 e. The number of hydrogen-bond acceptors (Lipinski definition) is 3. The zero-order chi connectivity index (χ0) is 29.4. The van der Waals surface area contributed by atoms with Gasteiger partial charge in [0.05, 0.1) is 5.56 Å². The van der Waals surface area contributed by atoms with E-state index >= 15 is 0 Å². The predicted octanol–water partition coefficient (Wildman–Crippen LogP) is 6.18. The summed E-state index contributed by atoms with van der Waals surface area (Å²) in [5.41, 5.74) is 7.10. The lowest BCUT2D eigenvalue weighted by Crippen LogP contribution is -2.51. The van der Waals surface area contributed by atoms with E-state index < -0.39 is 5.97 Å². The van der Waals surface area contributed by atoms with Gasteiger partial charge < -0.3 is 20.6 Å². The Morgan fingerprint density at radius 2 is 1.71 bits per heavy atom. The number of fused-ring (bicyclic) bond motifs is 1. The molecule has 0 bridgehead atoms. The van der Waals surface area contributed by atoms with E-state index in [1.54, 1.807) is 12.1 Å². The van der Waals surface area contributed by atoms with Crippen molar-refractivity contribution in [3.8, 4) is 11.1 Å². The van der Waals surface area contributed by atoms with Crippen LogP contribution < -0.4 is 10.6 Å². The molecule has 2 unspecified atom stereocenters. The van der Waals surface area contributed by atoms with Crippen LogP contribution in [0.3, 0.4) is 0 Å². The second kappa shape index (κ2) is 11.3. The summed E-state index contributed by atoms with van der Waals surface area (Å²) in [6.45, 7) is 5.40. The minimum Gasteiger partial charge on any atom is -0.478 e. The summed E-state index contributed by atoms with van der Waals surface area (Å²) in [7, 11) is 0. The number of carbonyl (C=O) groups is 3. The summed E-state index contributed by atoms with van der Waals surface area (Å²) in [6, 6.07) is 19.6.